The van der Waals surface area contributed by atoms with Crippen LogP contribution in [0, 0.1) is 4.77 Å². The van der Waals surface area contributed by atoms with E-state index in [0.717, 1.165) is 0 Å². The lowest BCUT2D eigenvalue weighted by Crippen LogP contribution is -2.08. The molecule has 0 aliphatic heterocycles. The second kappa shape index (κ2) is 5.29. The molecule has 104 valence electrons. The number of hydrogen-bond acceptors (Lipinski definition) is 5. The summed E-state index contributed by atoms with van der Waals surface area (Å²) in [4.78, 5) is 32.6. The SMILES string of the molecule is O=c1cc(/N=C/c2coc3ccccc3c2=O)[nH]c(=S)[nH]1. The zero-order valence-corrected chi connectivity index (χ0v) is 11.4. The van der Waals surface area contributed by atoms with Crippen molar-refractivity contribution in [3.05, 3.63) is 67.5 Å². The Morgan fingerprint density at radius 1 is 1.19 bits per heavy atom. The molecule has 0 fully saturated rings. The average molecular weight is 299 g/mol. The van der Waals surface area contributed by atoms with Gasteiger partial charge in [0.1, 0.15) is 17.7 Å². The van der Waals surface area contributed by atoms with E-state index in [1.54, 1.807) is 24.3 Å². The molecule has 3 rings (SSSR count). The summed E-state index contributed by atoms with van der Waals surface area (Å²) in [5.41, 5.74) is 0.240. The molecular formula is C14H9N3O3S. The summed E-state index contributed by atoms with van der Waals surface area (Å²) >= 11 is 4.84. The summed E-state index contributed by atoms with van der Waals surface area (Å²) in [5.74, 6) is 0.260. The molecule has 0 aliphatic rings. The Morgan fingerprint density at radius 2 is 2.00 bits per heavy atom. The molecule has 0 unspecified atom stereocenters. The van der Waals surface area contributed by atoms with E-state index in [9.17, 15) is 9.59 Å². The maximum atomic E-state index is 12.2. The van der Waals surface area contributed by atoms with E-state index in [1.807, 2.05) is 0 Å². The number of nitrogens with zero attached hydrogens (tertiary/aromatic N) is 1. The van der Waals surface area contributed by atoms with Crippen LogP contribution >= 0.6 is 12.2 Å². The molecule has 0 radical (unpaired) electrons. The van der Waals surface area contributed by atoms with Gasteiger partial charge in [0.05, 0.1) is 10.9 Å². The smallest absolute Gasteiger partial charge is 0.253 e. The van der Waals surface area contributed by atoms with Crippen LogP contribution < -0.4 is 11.0 Å². The topological polar surface area (TPSA) is 91.2 Å². The van der Waals surface area contributed by atoms with Crippen molar-refractivity contribution in [1.82, 2.24) is 9.97 Å². The van der Waals surface area contributed by atoms with Crippen molar-refractivity contribution in [2.24, 2.45) is 4.99 Å². The summed E-state index contributed by atoms with van der Waals surface area (Å²) in [7, 11) is 0. The third kappa shape index (κ3) is 2.72. The van der Waals surface area contributed by atoms with E-state index in [2.05, 4.69) is 15.0 Å². The van der Waals surface area contributed by atoms with E-state index in [1.165, 1.54) is 18.5 Å². The standard InChI is InChI=1S/C14H9N3O3S/c18-12-5-11(16-14(21)17-12)15-6-8-7-20-10-4-2-1-3-9(10)13(8)19/h1-7H,(H2,16,17,18,21)/b15-6+. The number of H-pyrrole nitrogens is 2. The van der Waals surface area contributed by atoms with Crippen molar-refractivity contribution in [2.75, 3.05) is 0 Å². The van der Waals surface area contributed by atoms with Gasteiger partial charge in [-0.3, -0.25) is 14.6 Å². The van der Waals surface area contributed by atoms with E-state index in [-0.39, 0.29) is 27.1 Å². The van der Waals surface area contributed by atoms with Crippen LogP contribution in [-0.4, -0.2) is 16.2 Å². The molecule has 0 atom stereocenters. The van der Waals surface area contributed by atoms with Crippen LogP contribution in [0.1, 0.15) is 5.56 Å². The Balaban J connectivity index is 2.07. The summed E-state index contributed by atoms with van der Waals surface area (Å²) < 4.78 is 5.54. The predicted octanol–water partition coefficient (Wildman–Crippen LogP) is 2.29. The summed E-state index contributed by atoms with van der Waals surface area (Å²) in [6.07, 6.45) is 2.66. The number of nitrogens with one attached hydrogen (secondary N) is 2. The minimum atomic E-state index is -0.364. The molecule has 7 heteroatoms. The molecule has 0 spiro atoms. The van der Waals surface area contributed by atoms with Gasteiger partial charge in [0.25, 0.3) is 5.56 Å². The molecule has 2 N–H and O–H groups in total. The van der Waals surface area contributed by atoms with Crippen molar-refractivity contribution >= 4 is 35.2 Å². The summed E-state index contributed by atoms with van der Waals surface area (Å²) in [6.45, 7) is 0. The minimum absolute atomic E-state index is 0.167. The van der Waals surface area contributed by atoms with Crippen LogP contribution in [0.15, 0.2) is 55.6 Å². The first-order valence-corrected chi connectivity index (χ1v) is 6.42. The monoisotopic (exact) mass is 299 g/mol. The first-order chi connectivity index (χ1) is 10.1. The molecule has 6 nitrogen and oxygen atoms in total. The zero-order chi connectivity index (χ0) is 14.8. The van der Waals surface area contributed by atoms with Gasteiger partial charge >= 0.3 is 0 Å². The van der Waals surface area contributed by atoms with Crippen molar-refractivity contribution in [2.45, 2.75) is 0 Å². The number of aromatic amines is 2. The quantitative estimate of drug-likeness (QED) is 0.561. The van der Waals surface area contributed by atoms with Gasteiger partial charge in [0.2, 0.25) is 5.43 Å². The summed E-state index contributed by atoms with van der Waals surface area (Å²) in [6, 6.07) is 8.18. The van der Waals surface area contributed by atoms with Gasteiger partial charge in [0, 0.05) is 12.3 Å². The molecule has 0 saturated carbocycles. The molecule has 3 aromatic rings. The molecule has 0 saturated heterocycles. The molecule has 0 aliphatic carbocycles. The van der Waals surface area contributed by atoms with Gasteiger partial charge in [0.15, 0.2) is 4.77 Å². The summed E-state index contributed by atoms with van der Waals surface area (Å²) in [5, 5.41) is 0.472. The van der Waals surface area contributed by atoms with Crippen molar-refractivity contribution in [1.29, 1.82) is 0 Å². The Bertz CT molecular complexity index is 986. The van der Waals surface area contributed by atoms with Crippen molar-refractivity contribution in [3.8, 4) is 0 Å². The largest absolute Gasteiger partial charge is 0.463 e. The van der Waals surface area contributed by atoms with E-state index < -0.39 is 0 Å². The van der Waals surface area contributed by atoms with E-state index in [4.69, 9.17) is 16.6 Å². The van der Waals surface area contributed by atoms with Gasteiger partial charge in [-0.2, -0.15) is 0 Å². The van der Waals surface area contributed by atoms with Crippen LogP contribution in [0.3, 0.4) is 0 Å². The second-order valence-corrected chi connectivity index (χ2v) is 4.66. The normalized spacial score (nSPS) is 11.2. The highest BCUT2D eigenvalue weighted by Gasteiger charge is 2.04. The number of fused-ring (bicyclic) bond motifs is 1. The predicted molar refractivity (Wildman–Crippen MR) is 82.0 cm³/mol. The average Bonchev–Trinajstić information content (AvgIpc) is 2.46. The molecular weight excluding hydrogens is 290 g/mol. The maximum absolute atomic E-state index is 12.2. The highest BCUT2D eigenvalue weighted by atomic mass is 32.1. The molecule has 1 aromatic carbocycles. The fraction of sp³-hybridized carbons (Fsp3) is 0. The number of hydrogen-bond donors (Lipinski definition) is 2. The number of aromatic nitrogens is 2. The second-order valence-electron chi connectivity index (χ2n) is 4.25. The van der Waals surface area contributed by atoms with Crippen molar-refractivity contribution < 1.29 is 4.42 Å². The van der Waals surface area contributed by atoms with Crippen LogP contribution in [0.2, 0.25) is 0 Å². The first kappa shape index (κ1) is 13.2. The Morgan fingerprint density at radius 3 is 2.81 bits per heavy atom. The molecule has 2 aromatic heterocycles. The highest BCUT2D eigenvalue weighted by molar-refractivity contribution is 7.71. The molecule has 2 heterocycles. The van der Waals surface area contributed by atoms with E-state index in [0.29, 0.717) is 11.0 Å². The lowest BCUT2D eigenvalue weighted by Gasteiger charge is -1.97. The fourth-order valence-corrected chi connectivity index (χ4v) is 2.05. The van der Waals surface area contributed by atoms with Crippen LogP contribution in [0.4, 0.5) is 5.82 Å². The number of aliphatic imine (C=N–C) groups is 1. The first-order valence-electron chi connectivity index (χ1n) is 6.02. The van der Waals surface area contributed by atoms with Crippen LogP contribution in [0.25, 0.3) is 11.0 Å². The number of para-hydroxylation sites is 1. The highest BCUT2D eigenvalue weighted by Crippen LogP contribution is 2.10. The van der Waals surface area contributed by atoms with Gasteiger partial charge in [-0.1, -0.05) is 12.1 Å². The van der Waals surface area contributed by atoms with Gasteiger partial charge in [-0.05, 0) is 24.4 Å². The van der Waals surface area contributed by atoms with E-state index >= 15 is 0 Å². The zero-order valence-electron chi connectivity index (χ0n) is 10.6. The Labute approximate surface area is 122 Å². The van der Waals surface area contributed by atoms with Crippen molar-refractivity contribution in [3.63, 3.8) is 0 Å². The third-order valence-corrected chi connectivity index (χ3v) is 3.00. The molecule has 21 heavy (non-hydrogen) atoms. The van der Waals surface area contributed by atoms with Crippen LogP contribution in [0.5, 0.6) is 0 Å². The fourth-order valence-electron chi connectivity index (χ4n) is 1.85. The molecule has 0 amide bonds. The molecule has 0 bridgehead atoms. The lowest BCUT2D eigenvalue weighted by atomic mass is 10.2. The Kier molecular flexibility index (Phi) is 3.33. The number of rotatable bonds is 2. The number of benzene rings is 1. The minimum Gasteiger partial charge on any atom is -0.463 e. The van der Waals surface area contributed by atoms with Gasteiger partial charge in [-0.15, -0.1) is 0 Å². The third-order valence-electron chi connectivity index (χ3n) is 2.80. The van der Waals surface area contributed by atoms with Crippen LogP contribution in [-0.2, 0) is 0 Å². The lowest BCUT2D eigenvalue weighted by molar-refractivity contribution is 0.601. The Hall–Kier alpha value is -2.80. The van der Waals surface area contributed by atoms with Gasteiger partial charge in [-0.25, -0.2) is 4.99 Å². The van der Waals surface area contributed by atoms with Gasteiger partial charge < -0.3 is 9.40 Å². The maximum Gasteiger partial charge on any atom is 0.253 e.